The van der Waals surface area contributed by atoms with Crippen molar-refractivity contribution in [3.63, 3.8) is 0 Å². The Bertz CT molecular complexity index is 432. The molecule has 0 atom stereocenters. The summed E-state index contributed by atoms with van der Waals surface area (Å²) in [6.45, 7) is 5.04. The molecule has 0 saturated heterocycles. The van der Waals surface area contributed by atoms with Crippen LogP contribution < -0.4 is 5.73 Å². The maximum absolute atomic E-state index is 12.4. The molecule has 0 bridgehead atoms. The van der Waals surface area contributed by atoms with Crippen molar-refractivity contribution in [2.24, 2.45) is 11.7 Å². The van der Waals surface area contributed by atoms with Crippen LogP contribution in [-0.4, -0.2) is 26.1 Å². The molecule has 1 aliphatic carbocycles. The molecular weight excluding hydrogens is 240 g/mol. The fourth-order valence-electron chi connectivity index (χ4n) is 2.70. The SMILES string of the molecule is CC(C)Cn1ncnc1CC(=O)C1(N)CCCCC1. The smallest absolute Gasteiger partial charge is 0.160 e. The van der Waals surface area contributed by atoms with Gasteiger partial charge >= 0.3 is 0 Å². The van der Waals surface area contributed by atoms with Crippen molar-refractivity contribution in [1.82, 2.24) is 14.8 Å². The van der Waals surface area contributed by atoms with Crippen molar-refractivity contribution < 1.29 is 4.79 Å². The van der Waals surface area contributed by atoms with Gasteiger partial charge in [-0.15, -0.1) is 0 Å². The van der Waals surface area contributed by atoms with Crippen LogP contribution in [0.2, 0.25) is 0 Å². The van der Waals surface area contributed by atoms with E-state index in [1.54, 1.807) is 0 Å². The summed E-state index contributed by atoms with van der Waals surface area (Å²) in [6.07, 6.45) is 6.75. The lowest BCUT2D eigenvalue weighted by Gasteiger charge is -2.31. The van der Waals surface area contributed by atoms with Crippen LogP contribution in [0.1, 0.15) is 51.8 Å². The van der Waals surface area contributed by atoms with E-state index >= 15 is 0 Å². The Hall–Kier alpha value is -1.23. The zero-order chi connectivity index (χ0) is 13.9. The Morgan fingerprint density at radius 2 is 2.11 bits per heavy atom. The molecule has 5 nitrogen and oxygen atoms in total. The van der Waals surface area contributed by atoms with Crippen LogP contribution in [0.5, 0.6) is 0 Å². The lowest BCUT2D eigenvalue weighted by atomic mass is 9.78. The first-order valence-electron chi connectivity index (χ1n) is 7.20. The number of rotatable bonds is 5. The molecule has 0 spiro atoms. The zero-order valence-corrected chi connectivity index (χ0v) is 11.9. The summed E-state index contributed by atoms with van der Waals surface area (Å²) >= 11 is 0. The summed E-state index contributed by atoms with van der Waals surface area (Å²) in [5.74, 6) is 1.34. The third-order valence-corrected chi connectivity index (χ3v) is 3.85. The molecule has 1 aliphatic rings. The molecule has 1 aromatic rings. The standard InChI is InChI=1S/C14H24N4O/c1-11(2)9-18-13(16-10-17-18)8-12(19)14(15)6-4-3-5-7-14/h10-11H,3-9,15H2,1-2H3. The van der Waals surface area contributed by atoms with E-state index in [4.69, 9.17) is 5.73 Å². The van der Waals surface area contributed by atoms with Gasteiger partial charge < -0.3 is 5.73 Å². The highest BCUT2D eigenvalue weighted by atomic mass is 16.1. The molecule has 0 aromatic carbocycles. The predicted octanol–water partition coefficient (Wildman–Crippen LogP) is 1.71. The lowest BCUT2D eigenvalue weighted by Crippen LogP contribution is -2.50. The summed E-state index contributed by atoms with van der Waals surface area (Å²) in [7, 11) is 0. The number of nitrogens with two attached hydrogens (primary N) is 1. The lowest BCUT2D eigenvalue weighted by molar-refractivity contribution is -0.124. The summed E-state index contributed by atoms with van der Waals surface area (Å²) < 4.78 is 1.83. The summed E-state index contributed by atoms with van der Waals surface area (Å²) in [5.41, 5.74) is 5.63. The van der Waals surface area contributed by atoms with Crippen molar-refractivity contribution >= 4 is 5.78 Å². The Morgan fingerprint density at radius 1 is 1.42 bits per heavy atom. The molecule has 5 heteroatoms. The first-order chi connectivity index (χ1) is 9.01. The molecular formula is C14H24N4O. The Labute approximate surface area is 114 Å². The van der Waals surface area contributed by atoms with Crippen molar-refractivity contribution in [2.75, 3.05) is 0 Å². The van der Waals surface area contributed by atoms with Crippen molar-refractivity contribution in [3.8, 4) is 0 Å². The molecule has 0 unspecified atom stereocenters. The van der Waals surface area contributed by atoms with E-state index in [0.29, 0.717) is 12.3 Å². The largest absolute Gasteiger partial charge is 0.319 e. The molecule has 2 rings (SSSR count). The molecule has 0 aliphatic heterocycles. The number of hydrogen-bond acceptors (Lipinski definition) is 4. The van der Waals surface area contributed by atoms with Gasteiger partial charge in [0.1, 0.15) is 12.2 Å². The van der Waals surface area contributed by atoms with E-state index < -0.39 is 5.54 Å². The first kappa shape index (κ1) is 14.2. The topological polar surface area (TPSA) is 73.8 Å². The monoisotopic (exact) mass is 264 g/mol. The number of Topliss-reactive ketones (excluding diaryl/α,β-unsaturated/α-hetero) is 1. The molecule has 0 radical (unpaired) electrons. The average Bonchev–Trinajstić information content (AvgIpc) is 2.76. The minimum Gasteiger partial charge on any atom is -0.319 e. The van der Waals surface area contributed by atoms with Gasteiger partial charge in [-0.05, 0) is 18.8 Å². The minimum absolute atomic E-state index is 0.116. The molecule has 2 N–H and O–H groups in total. The molecule has 106 valence electrons. The van der Waals surface area contributed by atoms with Gasteiger partial charge in [0.05, 0.1) is 12.0 Å². The highest BCUT2D eigenvalue weighted by Gasteiger charge is 2.35. The second kappa shape index (κ2) is 5.82. The summed E-state index contributed by atoms with van der Waals surface area (Å²) in [4.78, 5) is 16.6. The molecule has 1 heterocycles. The van der Waals surface area contributed by atoms with Gasteiger partial charge in [0, 0.05) is 6.54 Å². The van der Waals surface area contributed by atoms with Crippen molar-refractivity contribution in [1.29, 1.82) is 0 Å². The normalized spacial score (nSPS) is 18.7. The van der Waals surface area contributed by atoms with Gasteiger partial charge in [-0.3, -0.25) is 4.79 Å². The quantitative estimate of drug-likeness (QED) is 0.878. The molecule has 0 amide bonds. The van der Waals surface area contributed by atoms with E-state index in [2.05, 4.69) is 23.9 Å². The van der Waals surface area contributed by atoms with Gasteiger partial charge in [0.2, 0.25) is 0 Å². The first-order valence-corrected chi connectivity index (χ1v) is 7.20. The number of carbonyl (C=O) groups is 1. The molecule has 1 aromatic heterocycles. The van der Waals surface area contributed by atoms with E-state index in [-0.39, 0.29) is 5.78 Å². The number of hydrogen-bond donors (Lipinski definition) is 1. The maximum atomic E-state index is 12.4. The summed E-state index contributed by atoms with van der Waals surface area (Å²) in [6, 6.07) is 0. The van der Waals surface area contributed by atoms with Gasteiger partial charge in [-0.1, -0.05) is 33.1 Å². The third kappa shape index (κ3) is 3.41. The Kier molecular flexibility index (Phi) is 4.34. The molecule has 1 saturated carbocycles. The fourth-order valence-corrected chi connectivity index (χ4v) is 2.70. The number of carbonyl (C=O) groups excluding carboxylic acids is 1. The summed E-state index contributed by atoms with van der Waals surface area (Å²) in [5, 5.41) is 4.19. The van der Waals surface area contributed by atoms with Crippen LogP contribution in [0.3, 0.4) is 0 Å². The molecule has 1 fully saturated rings. The van der Waals surface area contributed by atoms with Crippen LogP contribution >= 0.6 is 0 Å². The second-order valence-electron chi connectivity index (χ2n) is 6.07. The highest BCUT2D eigenvalue weighted by Crippen LogP contribution is 2.27. The van der Waals surface area contributed by atoms with Gasteiger partial charge in [-0.2, -0.15) is 5.10 Å². The van der Waals surface area contributed by atoms with Crippen molar-refractivity contribution in [2.45, 2.75) is 64.5 Å². The van der Waals surface area contributed by atoms with Crippen molar-refractivity contribution in [3.05, 3.63) is 12.2 Å². The maximum Gasteiger partial charge on any atom is 0.160 e. The van der Waals surface area contributed by atoms with Crippen LogP contribution in [-0.2, 0) is 17.8 Å². The second-order valence-corrected chi connectivity index (χ2v) is 6.07. The van der Waals surface area contributed by atoms with Crippen LogP contribution in [0.25, 0.3) is 0 Å². The van der Waals surface area contributed by atoms with Gasteiger partial charge in [0.25, 0.3) is 0 Å². The Morgan fingerprint density at radius 3 is 2.74 bits per heavy atom. The molecule has 19 heavy (non-hydrogen) atoms. The van der Waals surface area contributed by atoms with E-state index in [0.717, 1.165) is 38.1 Å². The van der Waals surface area contributed by atoms with Gasteiger partial charge in [-0.25, -0.2) is 9.67 Å². The van der Waals surface area contributed by atoms with E-state index in [9.17, 15) is 4.79 Å². The Balaban J connectivity index is 2.04. The van der Waals surface area contributed by atoms with Crippen LogP contribution in [0.4, 0.5) is 0 Å². The predicted molar refractivity (Wildman–Crippen MR) is 73.6 cm³/mol. The van der Waals surface area contributed by atoms with E-state index in [1.807, 2.05) is 4.68 Å². The zero-order valence-electron chi connectivity index (χ0n) is 11.9. The highest BCUT2D eigenvalue weighted by molar-refractivity contribution is 5.89. The number of ketones is 1. The van der Waals surface area contributed by atoms with Gasteiger partial charge in [0.15, 0.2) is 5.78 Å². The number of nitrogens with zero attached hydrogens (tertiary/aromatic N) is 3. The van der Waals surface area contributed by atoms with E-state index in [1.165, 1.54) is 12.7 Å². The van der Waals surface area contributed by atoms with Crippen LogP contribution in [0.15, 0.2) is 6.33 Å². The minimum atomic E-state index is -0.632. The third-order valence-electron chi connectivity index (χ3n) is 3.85. The van der Waals surface area contributed by atoms with Crippen LogP contribution in [0, 0.1) is 5.92 Å². The number of aromatic nitrogens is 3. The fraction of sp³-hybridized carbons (Fsp3) is 0.786. The average molecular weight is 264 g/mol.